The van der Waals surface area contributed by atoms with Crippen molar-refractivity contribution in [2.75, 3.05) is 0 Å². The summed E-state index contributed by atoms with van der Waals surface area (Å²) in [6.07, 6.45) is 0. The van der Waals surface area contributed by atoms with Crippen molar-refractivity contribution in [1.29, 1.82) is 0 Å². The van der Waals surface area contributed by atoms with E-state index in [1.807, 2.05) is 0 Å². The number of phenolic OH excluding ortho intramolecular Hbond substituents is 9. The first-order valence-corrected chi connectivity index (χ1v) is 12.0. The Morgan fingerprint density at radius 3 is 0.944 bits per heavy atom. The molecular formula is C19H15F3O12S2. The van der Waals surface area contributed by atoms with Gasteiger partial charge in [-0.05, 0) is 10.3 Å². The molecule has 12 nitrogen and oxygen atoms in total. The standard InChI is InChI=1S/C19H15F3O12S2/c20-19(21,22)36(32,33)34-35(16-10(26)1-7(23)2-11(16)27,17-12(28)3-8(24)4-13(17)29)18-14(30)5-9(25)6-15(18)31/h1-6,23-31H. The highest BCUT2D eigenvalue weighted by Gasteiger charge is 2.56. The van der Waals surface area contributed by atoms with E-state index >= 15 is 0 Å². The van der Waals surface area contributed by atoms with Crippen LogP contribution in [0.2, 0.25) is 0 Å². The van der Waals surface area contributed by atoms with Crippen molar-refractivity contribution in [3.8, 4) is 51.7 Å². The number of rotatable bonds is 5. The molecule has 0 fully saturated rings. The van der Waals surface area contributed by atoms with Crippen molar-refractivity contribution in [1.82, 2.24) is 0 Å². The Morgan fingerprint density at radius 1 is 0.528 bits per heavy atom. The van der Waals surface area contributed by atoms with E-state index in [-0.39, 0.29) is 0 Å². The van der Waals surface area contributed by atoms with Crippen molar-refractivity contribution in [3.05, 3.63) is 36.4 Å². The van der Waals surface area contributed by atoms with Crippen LogP contribution in [0, 0.1) is 0 Å². The lowest BCUT2D eigenvalue weighted by molar-refractivity contribution is -0.0496. The Kier molecular flexibility index (Phi) is 6.29. The molecule has 17 heteroatoms. The highest BCUT2D eigenvalue weighted by atomic mass is 32.3. The monoisotopic (exact) mass is 556 g/mol. The van der Waals surface area contributed by atoms with Gasteiger partial charge in [0.2, 0.25) is 0 Å². The van der Waals surface area contributed by atoms with Crippen LogP contribution in [-0.4, -0.2) is 59.9 Å². The minimum atomic E-state index is -6.85. The number of phenols is 9. The zero-order chi connectivity index (χ0) is 27.4. The van der Waals surface area contributed by atoms with Gasteiger partial charge in [-0.2, -0.15) is 25.2 Å². The van der Waals surface area contributed by atoms with E-state index in [9.17, 15) is 67.5 Å². The van der Waals surface area contributed by atoms with E-state index in [0.717, 1.165) is 0 Å². The van der Waals surface area contributed by atoms with Crippen LogP contribution in [0.4, 0.5) is 13.2 Å². The molecule has 0 amide bonds. The molecule has 0 aliphatic heterocycles. The van der Waals surface area contributed by atoms with E-state index in [0.29, 0.717) is 36.4 Å². The largest absolute Gasteiger partial charge is 0.524 e. The summed E-state index contributed by atoms with van der Waals surface area (Å²) in [6, 6.07) is 2.35. The van der Waals surface area contributed by atoms with Gasteiger partial charge in [0, 0.05) is 36.4 Å². The van der Waals surface area contributed by atoms with Gasteiger partial charge < -0.3 is 46.0 Å². The Morgan fingerprint density at radius 2 is 0.750 bits per heavy atom. The number of benzene rings is 3. The third kappa shape index (κ3) is 4.23. The Hall–Kier alpha value is -4.09. The zero-order valence-corrected chi connectivity index (χ0v) is 18.8. The second kappa shape index (κ2) is 8.54. The molecule has 0 unspecified atom stereocenters. The van der Waals surface area contributed by atoms with Gasteiger partial charge in [-0.25, -0.2) is 0 Å². The number of alkyl halides is 3. The summed E-state index contributed by atoms with van der Waals surface area (Å²) in [4.78, 5) is -4.12. The fraction of sp³-hybridized carbons (Fsp3) is 0.0526. The summed E-state index contributed by atoms with van der Waals surface area (Å²) in [6.45, 7) is 0. The molecule has 0 spiro atoms. The number of halogens is 3. The molecule has 0 saturated heterocycles. The van der Waals surface area contributed by atoms with Crippen LogP contribution in [0.5, 0.6) is 51.7 Å². The first-order chi connectivity index (χ1) is 16.4. The fourth-order valence-corrected chi connectivity index (χ4v) is 8.15. The Labute approximate surface area is 200 Å². The van der Waals surface area contributed by atoms with Crippen LogP contribution in [0.1, 0.15) is 0 Å². The topological polar surface area (TPSA) is 225 Å². The number of hydrogen-bond acceptors (Lipinski definition) is 12. The first kappa shape index (κ1) is 26.5. The lowest BCUT2D eigenvalue weighted by Crippen LogP contribution is -2.27. The molecule has 196 valence electrons. The normalized spacial score (nSPS) is 13.0. The van der Waals surface area contributed by atoms with Crippen LogP contribution in [0.15, 0.2) is 51.1 Å². The van der Waals surface area contributed by atoms with Gasteiger partial charge in [-0.15, -0.1) is 0 Å². The Balaban J connectivity index is 2.74. The maximum atomic E-state index is 13.5. The van der Waals surface area contributed by atoms with Crippen molar-refractivity contribution in [2.24, 2.45) is 0 Å². The SMILES string of the molecule is O=S(=O)(OS(c1c(O)cc(O)cc1O)(c1c(O)cc(O)cc1O)c1c(O)cc(O)cc1O)C(F)(F)F. The molecule has 0 aliphatic carbocycles. The summed E-state index contributed by atoms with van der Waals surface area (Å²) in [5.74, 6) is -11.1. The second-order valence-corrected chi connectivity index (χ2v) is 11.2. The fourth-order valence-electron chi connectivity index (χ4n) is 3.22. The molecule has 3 rings (SSSR count). The minimum absolute atomic E-state index is 0.392. The van der Waals surface area contributed by atoms with Crippen molar-refractivity contribution < 1.29 is 71.2 Å². The quantitative estimate of drug-likeness (QED) is 0.207. The molecule has 0 bridgehead atoms. The summed E-state index contributed by atoms with van der Waals surface area (Å²) in [7, 11) is -12.1. The maximum absolute atomic E-state index is 13.5. The van der Waals surface area contributed by atoms with Gasteiger partial charge in [0.1, 0.15) is 66.4 Å². The highest BCUT2D eigenvalue weighted by Crippen LogP contribution is 2.80. The molecule has 0 atom stereocenters. The summed E-state index contributed by atoms with van der Waals surface area (Å²) >= 11 is 0. The predicted octanol–water partition coefficient (Wildman–Crippen LogP) is 3.10. The van der Waals surface area contributed by atoms with Gasteiger partial charge in [-0.3, -0.25) is 0 Å². The molecule has 0 radical (unpaired) electrons. The van der Waals surface area contributed by atoms with Gasteiger partial charge in [0.25, 0.3) is 0 Å². The van der Waals surface area contributed by atoms with Gasteiger partial charge >= 0.3 is 15.6 Å². The summed E-state index contributed by atoms with van der Waals surface area (Å²) in [5, 5.41) is 92.1. The van der Waals surface area contributed by atoms with Crippen molar-refractivity contribution >= 4 is 20.4 Å². The van der Waals surface area contributed by atoms with Crippen LogP contribution in [-0.2, 0) is 13.7 Å². The maximum Gasteiger partial charge on any atom is 0.524 e. The molecule has 3 aromatic carbocycles. The third-order valence-electron chi connectivity index (χ3n) is 4.44. The van der Waals surface area contributed by atoms with Crippen LogP contribution in [0.3, 0.4) is 0 Å². The lowest BCUT2D eigenvalue weighted by atomic mass is 10.3. The number of hydrogen-bond donors (Lipinski definition) is 9. The van der Waals surface area contributed by atoms with E-state index in [1.54, 1.807) is 0 Å². The van der Waals surface area contributed by atoms with E-state index in [2.05, 4.69) is 3.63 Å². The van der Waals surface area contributed by atoms with Gasteiger partial charge in [0.15, 0.2) is 0 Å². The molecule has 36 heavy (non-hydrogen) atoms. The lowest BCUT2D eigenvalue weighted by Gasteiger charge is -2.40. The van der Waals surface area contributed by atoms with Gasteiger partial charge in [-0.1, -0.05) is 0 Å². The molecular weight excluding hydrogens is 541 g/mol. The Bertz CT molecular complexity index is 1260. The smallest absolute Gasteiger partial charge is 0.508 e. The van der Waals surface area contributed by atoms with Gasteiger partial charge in [0.05, 0.1) is 0 Å². The summed E-state index contributed by atoms with van der Waals surface area (Å²) in [5.41, 5.74) is -6.22. The molecule has 0 saturated carbocycles. The van der Waals surface area contributed by atoms with Crippen molar-refractivity contribution in [2.45, 2.75) is 20.2 Å². The molecule has 3 aromatic rings. The van der Waals surface area contributed by atoms with Crippen LogP contribution in [0.25, 0.3) is 0 Å². The highest BCUT2D eigenvalue weighted by molar-refractivity contribution is 8.33. The summed E-state index contributed by atoms with van der Waals surface area (Å²) < 4.78 is 69.6. The number of aromatic hydroxyl groups is 9. The first-order valence-electron chi connectivity index (χ1n) is 9.03. The predicted molar refractivity (Wildman–Crippen MR) is 113 cm³/mol. The molecule has 0 aliphatic rings. The average Bonchev–Trinajstić information content (AvgIpc) is 2.63. The van der Waals surface area contributed by atoms with E-state index in [4.69, 9.17) is 0 Å². The van der Waals surface area contributed by atoms with Crippen molar-refractivity contribution in [3.63, 3.8) is 0 Å². The zero-order valence-electron chi connectivity index (χ0n) is 17.2. The molecule has 0 aromatic heterocycles. The van der Waals surface area contributed by atoms with Crippen LogP contribution >= 0.6 is 10.3 Å². The van der Waals surface area contributed by atoms with E-state index in [1.165, 1.54) is 0 Å². The molecule has 0 heterocycles. The second-order valence-electron chi connectivity index (χ2n) is 6.96. The van der Waals surface area contributed by atoms with Crippen LogP contribution < -0.4 is 0 Å². The average molecular weight is 556 g/mol. The van der Waals surface area contributed by atoms with E-state index < -0.39 is 92.4 Å². The molecule has 9 N–H and O–H groups in total. The third-order valence-corrected chi connectivity index (χ3v) is 9.52. The minimum Gasteiger partial charge on any atom is -0.508 e.